The van der Waals surface area contributed by atoms with Crippen molar-refractivity contribution in [1.29, 1.82) is 5.26 Å². The first-order chi connectivity index (χ1) is 28.3. The van der Waals surface area contributed by atoms with Gasteiger partial charge in [-0.25, -0.2) is 19.8 Å². The second-order valence-corrected chi connectivity index (χ2v) is 13.8. The molecule has 0 fully saturated rings. The maximum absolute atomic E-state index is 16.3. The number of nitrogens with zero attached hydrogens (tertiary/aromatic N) is 7. The van der Waals surface area contributed by atoms with Gasteiger partial charge in [-0.2, -0.15) is 18.4 Å². The van der Waals surface area contributed by atoms with Crippen molar-refractivity contribution in [2.75, 3.05) is 0 Å². The number of aromatic nitrogens is 5. The SMILES string of the molecule is [C-]#[N+]c1ccc2c(c1)c1ccccc1n2-c1cc(-c2nc(-c3ccccc3)nc(-c3ccccc3)n2)cc(-n2c3ccccc3c3cc(C#N)ccc32)c1C(F)(F)F. The zero-order chi connectivity index (χ0) is 39.5. The molecule has 10 rings (SSSR count). The van der Waals surface area contributed by atoms with Gasteiger partial charge in [0, 0.05) is 32.8 Å². The number of hydrogen-bond donors (Lipinski definition) is 0. The molecule has 0 aliphatic rings. The number of hydrogen-bond acceptors (Lipinski definition) is 4. The van der Waals surface area contributed by atoms with Gasteiger partial charge in [0.2, 0.25) is 0 Å². The first kappa shape index (κ1) is 34.4. The van der Waals surface area contributed by atoms with Gasteiger partial charge >= 0.3 is 6.18 Å². The van der Waals surface area contributed by atoms with E-state index in [2.05, 4.69) is 10.9 Å². The van der Waals surface area contributed by atoms with Crippen molar-refractivity contribution in [3.8, 4) is 51.6 Å². The quantitative estimate of drug-likeness (QED) is 0.164. The Kier molecular flexibility index (Phi) is 7.89. The Morgan fingerprint density at radius 2 is 0.948 bits per heavy atom. The molecule has 3 aromatic heterocycles. The fourth-order valence-electron chi connectivity index (χ4n) is 7.91. The molecule has 0 bridgehead atoms. The average Bonchev–Trinajstić information content (AvgIpc) is 3.78. The van der Waals surface area contributed by atoms with Crippen molar-refractivity contribution in [3.05, 3.63) is 180 Å². The molecule has 0 aliphatic heterocycles. The summed E-state index contributed by atoms with van der Waals surface area (Å²) in [5, 5.41) is 12.5. The normalized spacial score (nSPS) is 11.7. The Balaban J connectivity index is 1.39. The molecule has 10 heteroatoms. The van der Waals surface area contributed by atoms with Gasteiger partial charge < -0.3 is 9.13 Å². The molecule has 0 saturated carbocycles. The molecule has 10 aromatic rings. The summed E-state index contributed by atoms with van der Waals surface area (Å²) in [5.41, 5.74) is 3.35. The van der Waals surface area contributed by atoms with Crippen LogP contribution in [0.15, 0.2) is 158 Å². The van der Waals surface area contributed by atoms with Gasteiger partial charge in [-0.15, -0.1) is 0 Å². The molecule has 0 radical (unpaired) electrons. The zero-order valence-corrected chi connectivity index (χ0v) is 30.3. The Morgan fingerprint density at radius 3 is 1.45 bits per heavy atom. The molecule has 0 atom stereocenters. The lowest BCUT2D eigenvalue weighted by molar-refractivity contribution is -0.137. The summed E-state index contributed by atoms with van der Waals surface area (Å²) in [7, 11) is 0. The second kappa shape index (κ2) is 13.3. The van der Waals surface area contributed by atoms with Gasteiger partial charge in [0.25, 0.3) is 0 Å². The molecular formula is C48H26F3N7. The largest absolute Gasteiger partial charge is 0.420 e. The fourth-order valence-corrected chi connectivity index (χ4v) is 7.91. The monoisotopic (exact) mass is 757 g/mol. The summed E-state index contributed by atoms with van der Waals surface area (Å²) in [4.78, 5) is 18.3. The third-order valence-corrected chi connectivity index (χ3v) is 10.4. The number of rotatable bonds is 5. The minimum atomic E-state index is -4.88. The molecule has 58 heavy (non-hydrogen) atoms. The fraction of sp³-hybridized carbons (Fsp3) is 0.0208. The van der Waals surface area contributed by atoms with Crippen LogP contribution in [0.25, 0.3) is 94.0 Å². The Hall–Kier alpha value is -8.08. The van der Waals surface area contributed by atoms with Crippen LogP contribution in [-0.4, -0.2) is 24.1 Å². The molecule has 0 aliphatic carbocycles. The summed E-state index contributed by atoms with van der Waals surface area (Å²) in [6.07, 6.45) is -4.88. The smallest absolute Gasteiger partial charge is 0.309 e. The highest BCUT2D eigenvalue weighted by atomic mass is 19.4. The van der Waals surface area contributed by atoms with Gasteiger partial charge in [-0.05, 0) is 60.0 Å². The summed E-state index contributed by atoms with van der Waals surface area (Å²) in [6.45, 7) is 7.69. The van der Waals surface area contributed by atoms with Crippen molar-refractivity contribution in [1.82, 2.24) is 24.1 Å². The van der Waals surface area contributed by atoms with E-state index in [0.29, 0.717) is 83.2 Å². The first-order valence-electron chi connectivity index (χ1n) is 18.3. The van der Waals surface area contributed by atoms with Crippen LogP contribution in [-0.2, 0) is 6.18 Å². The minimum absolute atomic E-state index is 0.149. The Bertz CT molecular complexity index is 3140. The van der Waals surface area contributed by atoms with E-state index in [-0.39, 0.29) is 17.2 Å². The lowest BCUT2D eigenvalue weighted by Crippen LogP contribution is -2.16. The highest BCUT2D eigenvalue weighted by Gasteiger charge is 2.40. The van der Waals surface area contributed by atoms with Gasteiger partial charge in [0.05, 0.1) is 51.6 Å². The molecule has 0 spiro atoms. The molecule has 3 heterocycles. The lowest BCUT2D eigenvalue weighted by atomic mass is 10.0. The average molecular weight is 758 g/mol. The molecule has 274 valence electrons. The van der Waals surface area contributed by atoms with E-state index in [1.807, 2.05) is 84.9 Å². The van der Waals surface area contributed by atoms with E-state index in [9.17, 15) is 5.26 Å². The number of nitriles is 1. The molecule has 7 aromatic carbocycles. The summed E-state index contributed by atoms with van der Waals surface area (Å²) >= 11 is 0. The maximum atomic E-state index is 16.3. The topological polar surface area (TPSA) is 76.7 Å². The predicted octanol–water partition coefficient (Wildman–Crippen LogP) is 12.5. The van der Waals surface area contributed by atoms with E-state index in [1.165, 1.54) is 12.1 Å². The van der Waals surface area contributed by atoms with Crippen LogP contribution >= 0.6 is 0 Å². The third kappa shape index (κ3) is 5.55. The van der Waals surface area contributed by atoms with Crippen LogP contribution < -0.4 is 0 Å². The van der Waals surface area contributed by atoms with Gasteiger partial charge in [0.1, 0.15) is 5.56 Å². The highest BCUT2D eigenvalue weighted by molar-refractivity contribution is 6.12. The van der Waals surface area contributed by atoms with Crippen molar-refractivity contribution in [2.45, 2.75) is 6.18 Å². The first-order valence-corrected chi connectivity index (χ1v) is 18.3. The maximum Gasteiger partial charge on any atom is 0.420 e. The molecular weight excluding hydrogens is 732 g/mol. The van der Waals surface area contributed by atoms with E-state index < -0.39 is 11.7 Å². The van der Waals surface area contributed by atoms with Crippen LogP contribution in [0.4, 0.5) is 18.9 Å². The van der Waals surface area contributed by atoms with Crippen LogP contribution in [0.2, 0.25) is 0 Å². The summed E-state index contributed by atoms with van der Waals surface area (Å²) in [5.74, 6) is 0.890. The third-order valence-electron chi connectivity index (χ3n) is 10.4. The Labute approximate surface area is 329 Å². The van der Waals surface area contributed by atoms with Gasteiger partial charge in [0.15, 0.2) is 23.2 Å². The number of alkyl halides is 3. The summed E-state index contributed by atoms with van der Waals surface area (Å²) < 4.78 is 52.1. The molecule has 0 saturated heterocycles. The van der Waals surface area contributed by atoms with Crippen LogP contribution in [0.1, 0.15) is 11.1 Å². The zero-order valence-electron chi connectivity index (χ0n) is 30.3. The van der Waals surface area contributed by atoms with Crippen molar-refractivity contribution < 1.29 is 13.2 Å². The number of benzene rings is 7. The van der Waals surface area contributed by atoms with E-state index in [1.54, 1.807) is 69.8 Å². The van der Waals surface area contributed by atoms with E-state index in [0.717, 1.165) is 0 Å². The van der Waals surface area contributed by atoms with E-state index >= 15 is 13.2 Å². The van der Waals surface area contributed by atoms with Crippen LogP contribution in [0, 0.1) is 17.9 Å². The Morgan fingerprint density at radius 1 is 0.500 bits per heavy atom. The molecule has 0 N–H and O–H groups in total. The predicted molar refractivity (Wildman–Crippen MR) is 221 cm³/mol. The highest BCUT2D eigenvalue weighted by Crippen LogP contribution is 2.46. The molecule has 7 nitrogen and oxygen atoms in total. The molecule has 0 amide bonds. The minimum Gasteiger partial charge on any atom is -0.309 e. The number of fused-ring (bicyclic) bond motifs is 6. The standard InChI is InChI=1S/C48H26F3N7/c1-53-33-21-23-41-37(27-33)35-17-9-11-19-39(35)58(41)43-26-32(47-55-45(30-12-4-2-5-13-30)54-46(56-47)31-14-6-3-7-15-31)25-42(44(43)48(49,50)51)57-38-18-10-8-16-34(38)36-24-29(28-52)20-22-40(36)57/h2-27H. The van der Waals surface area contributed by atoms with Gasteiger partial charge in [-0.3, -0.25) is 0 Å². The van der Waals surface area contributed by atoms with Crippen LogP contribution in [0.3, 0.4) is 0 Å². The van der Waals surface area contributed by atoms with E-state index in [4.69, 9.17) is 21.5 Å². The molecule has 0 unspecified atom stereocenters. The van der Waals surface area contributed by atoms with Gasteiger partial charge in [-0.1, -0.05) is 103 Å². The lowest BCUT2D eigenvalue weighted by Gasteiger charge is -2.23. The van der Waals surface area contributed by atoms with Crippen molar-refractivity contribution in [3.63, 3.8) is 0 Å². The summed E-state index contributed by atoms with van der Waals surface area (Å²) in [6, 6.07) is 48.5. The van der Waals surface area contributed by atoms with Crippen LogP contribution in [0.5, 0.6) is 0 Å². The van der Waals surface area contributed by atoms with Crippen molar-refractivity contribution >= 4 is 49.3 Å². The second-order valence-electron chi connectivity index (χ2n) is 13.8. The number of para-hydroxylation sites is 2. The van der Waals surface area contributed by atoms with Crippen molar-refractivity contribution in [2.24, 2.45) is 0 Å². The number of halogens is 3.